The summed E-state index contributed by atoms with van der Waals surface area (Å²) in [4.78, 5) is 5.95. The molecule has 3 N–H and O–H groups in total. The standard InChI is InChI=1S/C25H27ClN4S2/c1-16-13-22-21(14-20(16)26)30-24(31-22)27-12-11-17-7-9-19(10-8-17)29-25-28-15-23(32-25)18-5-3-2-4-6-18/h3,5-10,13-14,23-24,27,30H,2,4,11-12,15H2,1H3,(H,28,29). The molecule has 1 aliphatic carbocycles. The number of fused-ring (bicyclic) bond motifs is 1. The third-order valence-corrected chi connectivity index (χ3v) is 8.47. The molecule has 0 saturated heterocycles. The molecule has 7 heteroatoms. The van der Waals surface area contributed by atoms with Crippen LogP contribution in [0.15, 0.2) is 70.1 Å². The third-order valence-electron chi connectivity index (χ3n) is 5.79. The lowest BCUT2D eigenvalue weighted by molar-refractivity contribution is 0.695. The Morgan fingerprint density at radius 2 is 2.03 bits per heavy atom. The van der Waals surface area contributed by atoms with Crippen molar-refractivity contribution in [3.8, 4) is 0 Å². The summed E-state index contributed by atoms with van der Waals surface area (Å²) in [6, 6.07) is 12.9. The number of anilines is 2. The molecule has 4 nitrogen and oxygen atoms in total. The molecule has 2 atom stereocenters. The summed E-state index contributed by atoms with van der Waals surface area (Å²) >= 11 is 9.89. The maximum absolute atomic E-state index is 6.24. The van der Waals surface area contributed by atoms with Crippen LogP contribution in [0.3, 0.4) is 0 Å². The Hall–Kier alpha value is -1.86. The van der Waals surface area contributed by atoms with E-state index in [4.69, 9.17) is 16.6 Å². The molecule has 0 bridgehead atoms. The summed E-state index contributed by atoms with van der Waals surface area (Å²) in [5, 5.41) is 12.8. The number of amidine groups is 1. The predicted octanol–water partition coefficient (Wildman–Crippen LogP) is 6.44. The minimum absolute atomic E-state index is 0.184. The zero-order valence-electron chi connectivity index (χ0n) is 18.0. The summed E-state index contributed by atoms with van der Waals surface area (Å²) in [7, 11) is 0. The number of aryl methyl sites for hydroxylation is 1. The summed E-state index contributed by atoms with van der Waals surface area (Å²) in [6.45, 7) is 3.81. The van der Waals surface area contributed by atoms with Gasteiger partial charge in [0.1, 0.15) is 5.50 Å². The zero-order chi connectivity index (χ0) is 21.9. The fourth-order valence-electron chi connectivity index (χ4n) is 3.97. The molecule has 0 radical (unpaired) electrons. The Morgan fingerprint density at radius 1 is 1.16 bits per heavy atom. The Balaban J connectivity index is 1.07. The summed E-state index contributed by atoms with van der Waals surface area (Å²) in [5.74, 6) is 0. The number of hydrogen-bond acceptors (Lipinski definition) is 6. The van der Waals surface area contributed by atoms with Gasteiger partial charge in [-0.25, -0.2) is 0 Å². The average molecular weight is 483 g/mol. The molecule has 2 unspecified atom stereocenters. The van der Waals surface area contributed by atoms with Crippen LogP contribution in [0.25, 0.3) is 0 Å². The van der Waals surface area contributed by atoms with Crippen LogP contribution in [0.5, 0.6) is 0 Å². The van der Waals surface area contributed by atoms with Crippen molar-refractivity contribution in [3.05, 3.63) is 76.3 Å². The molecular formula is C25H27ClN4S2. The molecule has 2 aromatic carbocycles. The molecular weight excluding hydrogens is 456 g/mol. The Kier molecular flexibility index (Phi) is 6.83. The number of rotatable bonds is 6. The minimum Gasteiger partial charge on any atom is -0.360 e. The summed E-state index contributed by atoms with van der Waals surface area (Å²) < 4.78 is 0. The van der Waals surface area contributed by atoms with Gasteiger partial charge in [-0.3, -0.25) is 10.3 Å². The van der Waals surface area contributed by atoms with Crippen LogP contribution in [0, 0.1) is 6.92 Å². The van der Waals surface area contributed by atoms with Gasteiger partial charge in [0.2, 0.25) is 0 Å². The minimum atomic E-state index is 0.184. The maximum atomic E-state index is 6.24. The lowest BCUT2D eigenvalue weighted by atomic mass is 10.0. The smallest absolute Gasteiger partial charge is 0.161 e. The highest BCUT2D eigenvalue weighted by molar-refractivity contribution is 8.15. The number of thioether (sulfide) groups is 2. The van der Waals surface area contributed by atoms with Gasteiger partial charge in [0.05, 0.1) is 17.5 Å². The Bertz CT molecular complexity index is 1050. The van der Waals surface area contributed by atoms with Crippen molar-refractivity contribution in [1.82, 2.24) is 5.32 Å². The number of nitrogens with one attached hydrogen (secondary N) is 3. The normalized spacial score (nSPS) is 21.7. The van der Waals surface area contributed by atoms with Gasteiger partial charge in [-0.15, -0.1) is 0 Å². The number of nitrogens with zero attached hydrogens (tertiary/aromatic N) is 1. The highest BCUT2D eigenvalue weighted by Crippen LogP contribution is 2.40. The molecule has 0 spiro atoms. The van der Waals surface area contributed by atoms with Crippen LogP contribution in [-0.2, 0) is 6.42 Å². The van der Waals surface area contributed by atoms with Gasteiger partial charge in [0.15, 0.2) is 5.17 Å². The van der Waals surface area contributed by atoms with E-state index in [0.29, 0.717) is 5.25 Å². The second-order valence-corrected chi connectivity index (χ2v) is 10.9. The molecule has 3 aliphatic rings. The van der Waals surface area contributed by atoms with Crippen LogP contribution in [0.4, 0.5) is 11.4 Å². The Labute approximate surface area is 203 Å². The van der Waals surface area contributed by atoms with E-state index in [2.05, 4.69) is 64.5 Å². The van der Waals surface area contributed by atoms with Crippen molar-refractivity contribution in [3.63, 3.8) is 0 Å². The molecule has 0 aromatic heterocycles. The molecule has 0 saturated carbocycles. The first-order chi connectivity index (χ1) is 15.6. The van der Waals surface area contributed by atoms with Gasteiger partial charge in [-0.2, -0.15) is 0 Å². The van der Waals surface area contributed by atoms with Gasteiger partial charge in [0.25, 0.3) is 0 Å². The van der Waals surface area contributed by atoms with Crippen molar-refractivity contribution >= 4 is 51.7 Å². The van der Waals surface area contributed by atoms with Crippen molar-refractivity contribution in [1.29, 1.82) is 0 Å². The molecule has 2 heterocycles. The number of aliphatic imine (C=N–C) groups is 1. The lowest BCUT2D eigenvalue weighted by Crippen LogP contribution is -2.32. The van der Waals surface area contributed by atoms with Crippen LogP contribution < -0.4 is 16.0 Å². The van der Waals surface area contributed by atoms with Crippen LogP contribution in [0.1, 0.15) is 24.0 Å². The van der Waals surface area contributed by atoms with Crippen molar-refractivity contribution in [2.45, 2.75) is 41.8 Å². The fraction of sp³-hybridized carbons (Fsp3) is 0.320. The van der Waals surface area contributed by atoms with Crippen LogP contribution in [0.2, 0.25) is 5.02 Å². The molecule has 2 aromatic rings. The summed E-state index contributed by atoms with van der Waals surface area (Å²) in [5.41, 5.74) is 6.25. The van der Waals surface area contributed by atoms with Gasteiger partial charge in [-0.05, 0) is 67.2 Å². The van der Waals surface area contributed by atoms with E-state index in [1.807, 2.05) is 36.5 Å². The van der Waals surface area contributed by atoms with E-state index in [-0.39, 0.29) is 5.50 Å². The van der Waals surface area contributed by atoms with E-state index in [1.54, 1.807) is 0 Å². The third kappa shape index (κ3) is 5.20. The maximum Gasteiger partial charge on any atom is 0.161 e. The molecule has 166 valence electrons. The van der Waals surface area contributed by atoms with Crippen molar-refractivity contribution in [2.24, 2.45) is 4.99 Å². The lowest BCUT2D eigenvalue weighted by Gasteiger charge is -2.14. The van der Waals surface area contributed by atoms with Gasteiger partial charge < -0.3 is 10.6 Å². The highest BCUT2D eigenvalue weighted by Gasteiger charge is 2.23. The zero-order valence-corrected chi connectivity index (χ0v) is 20.4. The second-order valence-electron chi connectivity index (χ2n) is 8.20. The van der Waals surface area contributed by atoms with Crippen molar-refractivity contribution < 1.29 is 0 Å². The average Bonchev–Trinajstić information content (AvgIpc) is 3.43. The Morgan fingerprint density at radius 3 is 2.84 bits per heavy atom. The van der Waals surface area contributed by atoms with Gasteiger partial charge in [-0.1, -0.05) is 65.5 Å². The van der Waals surface area contributed by atoms with Crippen LogP contribution >= 0.6 is 35.1 Å². The number of allylic oxidation sites excluding steroid dienone is 3. The molecule has 0 amide bonds. The van der Waals surface area contributed by atoms with E-state index < -0.39 is 0 Å². The first-order valence-corrected chi connectivity index (χ1v) is 13.2. The fourth-order valence-corrected chi connectivity index (χ4v) is 6.32. The molecule has 2 aliphatic heterocycles. The summed E-state index contributed by atoms with van der Waals surface area (Å²) in [6.07, 6.45) is 10.2. The predicted molar refractivity (Wildman–Crippen MR) is 141 cm³/mol. The van der Waals surface area contributed by atoms with Gasteiger partial charge in [0, 0.05) is 22.2 Å². The van der Waals surface area contributed by atoms with E-state index in [0.717, 1.165) is 59.5 Å². The largest absolute Gasteiger partial charge is 0.360 e. The molecule has 5 rings (SSSR count). The molecule has 0 fully saturated rings. The number of hydrogen-bond donors (Lipinski definition) is 3. The van der Waals surface area contributed by atoms with Crippen molar-refractivity contribution in [2.75, 3.05) is 23.7 Å². The first kappa shape index (κ1) is 22.0. The van der Waals surface area contributed by atoms with Gasteiger partial charge >= 0.3 is 0 Å². The van der Waals surface area contributed by atoms with E-state index in [1.165, 1.54) is 16.0 Å². The molecule has 32 heavy (non-hydrogen) atoms. The van der Waals surface area contributed by atoms with Crippen LogP contribution in [-0.4, -0.2) is 29.0 Å². The quantitative estimate of drug-likeness (QED) is 0.442. The SMILES string of the molecule is Cc1cc2c(cc1Cl)NC(NCCc1ccc(NC3=NCC(C4=CCCC=C4)S3)cc1)S2. The second kappa shape index (κ2) is 9.96. The highest BCUT2D eigenvalue weighted by atomic mass is 35.5. The number of benzene rings is 2. The first-order valence-electron chi connectivity index (χ1n) is 11.0. The number of halogens is 1. The van der Waals surface area contributed by atoms with E-state index in [9.17, 15) is 0 Å². The van der Waals surface area contributed by atoms with E-state index >= 15 is 0 Å². The monoisotopic (exact) mass is 482 g/mol. The topological polar surface area (TPSA) is 48.4 Å².